The normalized spacial score (nSPS) is 9.43. The number of nitrogens with one attached hydrogen (secondary N) is 1. The van der Waals surface area contributed by atoms with E-state index in [0.717, 1.165) is 5.56 Å². The maximum absolute atomic E-state index is 13.8. The largest absolute Gasteiger partial charge is 0.444 e. The molecule has 0 heterocycles. The number of hydrogen-bond donors (Lipinski definition) is 1. The summed E-state index contributed by atoms with van der Waals surface area (Å²) in [5, 5.41) is 2.50. The third-order valence-corrected chi connectivity index (χ3v) is 2.89. The molecule has 2 aromatic rings. The molecule has 2 rings (SSSR count). The van der Waals surface area contributed by atoms with E-state index >= 15 is 0 Å². The third kappa shape index (κ3) is 5.98. The van der Waals surface area contributed by atoms with Gasteiger partial charge in [0.15, 0.2) is 0 Å². The molecule has 0 spiro atoms. The van der Waals surface area contributed by atoms with Crippen molar-refractivity contribution in [2.75, 3.05) is 24.3 Å². The molecule has 124 valence electrons. The molecule has 2 aromatic carbocycles. The Labute approximate surface area is 136 Å². The van der Waals surface area contributed by atoms with Crippen LogP contribution in [0.2, 0.25) is 0 Å². The maximum Gasteiger partial charge on any atom is 0.411 e. The van der Waals surface area contributed by atoms with Gasteiger partial charge in [0.2, 0.25) is 0 Å². The molecule has 0 saturated carbocycles. The zero-order valence-corrected chi connectivity index (χ0v) is 14.0. The molecule has 0 fully saturated rings. The highest BCUT2D eigenvalue weighted by atomic mass is 19.1. The minimum atomic E-state index is -0.615. The lowest BCUT2D eigenvalue weighted by atomic mass is 10.2. The lowest BCUT2D eigenvalue weighted by molar-refractivity contribution is 0.155. The second-order valence-corrected chi connectivity index (χ2v) is 4.75. The quantitative estimate of drug-likeness (QED) is 0.891. The lowest BCUT2D eigenvalue weighted by Crippen LogP contribution is -2.15. The van der Waals surface area contributed by atoms with Crippen LogP contribution < -0.4 is 10.2 Å². The fourth-order valence-corrected chi connectivity index (χ4v) is 1.82. The number of benzene rings is 2. The predicted molar refractivity (Wildman–Crippen MR) is 92.3 cm³/mol. The van der Waals surface area contributed by atoms with Crippen molar-refractivity contribution in [3.8, 4) is 0 Å². The van der Waals surface area contributed by atoms with Gasteiger partial charge in [-0.05, 0) is 23.8 Å². The van der Waals surface area contributed by atoms with Gasteiger partial charge >= 0.3 is 6.09 Å². The molecule has 0 atom stereocenters. The van der Waals surface area contributed by atoms with E-state index in [1.54, 1.807) is 31.1 Å². The maximum atomic E-state index is 13.8. The van der Waals surface area contributed by atoms with E-state index in [0.29, 0.717) is 11.4 Å². The Morgan fingerprint density at radius 3 is 2.35 bits per heavy atom. The Hall–Kier alpha value is -2.56. The molecule has 0 aromatic heterocycles. The molecule has 0 aliphatic heterocycles. The molecule has 1 amide bonds. The van der Waals surface area contributed by atoms with Crippen molar-refractivity contribution in [2.24, 2.45) is 0 Å². The van der Waals surface area contributed by atoms with Crippen molar-refractivity contribution < 1.29 is 13.9 Å². The van der Waals surface area contributed by atoms with Crippen molar-refractivity contribution in [1.29, 1.82) is 0 Å². The summed E-state index contributed by atoms with van der Waals surface area (Å²) in [4.78, 5) is 13.3. The molecule has 0 aliphatic rings. The highest BCUT2D eigenvalue weighted by Gasteiger charge is 2.08. The number of hydrogen-bond acceptors (Lipinski definition) is 3. The standard InChI is InChI=1S/C16H17FN2O2.C2H6/c1-19(2)15-9-8-13(10-14(15)17)18-16(20)21-11-12-6-4-3-5-7-12;1-2/h3-10H,11H2,1-2H3,(H,18,20);1-2H3. The van der Waals surface area contributed by atoms with Crippen molar-refractivity contribution >= 4 is 17.5 Å². The van der Waals surface area contributed by atoms with Gasteiger partial charge in [-0.15, -0.1) is 0 Å². The summed E-state index contributed by atoms with van der Waals surface area (Å²) >= 11 is 0. The van der Waals surface area contributed by atoms with Crippen LogP contribution in [0.25, 0.3) is 0 Å². The van der Waals surface area contributed by atoms with Crippen molar-refractivity contribution in [2.45, 2.75) is 20.5 Å². The molecule has 4 nitrogen and oxygen atoms in total. The molecule has 0 unspecified atom stereocenters. The van der Waals surface area contributed by atoms with Crippen LogP contribution >= 0.6 is 0 Å². The van der Waals surface area contributed by atoms with E-state index < -0.39 is 11.9 Å². The topological polar surface area (TPSA) is 41.6 Å². The predicted octanol–water partition coefficient (Wildman–Crippen LogP) is 4.67. The summed E-state index contributed by atoms with van der Waals surface area (Å²) in [5.74, 6) is -0.402. The summed E-state index contributed by atoms with van der Waals surface area (Å²) in [6, 6.07) is 13.8. The Morgan fingerprint density at radius 2 is 1.78 bits per heavy atom. The van der Waals surface area contributed by atoms with Gasteiger partial charge in [-0.25, -0.2) is 9.18 Å². The van der Waals surface area contributed by atoms with Gasteiger partial charge in [-0.3, -0.25) is 5.32 Å². The average molecular weight is 318 g/mol. The van der Waals surface area contributed by atoms with Gasteiger partial charge in [0.05, 0.1) is 5.69 Å². The molecule has 23 heavy (non-hydrogen) atoms. The van der Waals surface area contributed by atoms with Gasteiger partial charge in [0.1, 0.15) is 12.4 Å². The number of rotatable bonds is 4. The van der Waals surface area contributed by atoms with E-state index in [4.69, 9.17) is 4.74 Å². The number of carbonyl (C=O) groups is 1. The van der Waals surface area contributed by atoms with E-state index in [2.05, 4.69) is 5.32 Å². The molecular formula is C18H23FN2O2. The Balaban J connectivity index is 0.00000127. The highest BCUT2D eigenvalue weighted by molar-refractivity contribution is 5.84. The van der Waals surface area contributed by atoms with Gasteiger partial charge in [0, 0.05) is 19.8 Å². The number of halogens is 1. The van der Waals surface area contributed by atoms with Crippen LogP contribution in [0.5, 0.6) is 0 Å². The monoisotopic (exact) mass is 318 g/mol. The van der Waals surface area contributed by atoms with Gasteiger partial charge in [-0.1, -0.05) is 44.2 Å². The first-order chi connectivity index (χ1) is 11.1. The minimum Gasteiger partial charge on any atom is -0.444 e. The fraction of sp³-hybridized carbons (Fsp3) is 0.278. The molecule has 1 N–H and O–H groups in total. The Morgan fingerprint density at radius 1 is 1.13 bits per heavy atom. The summed E-state index contributed by atoms with van der Waals surface area (Å²) in [7, 11) is 3.50. The number of ether oxygens (including phenoxy) is 1. The van der Waals surface area contributed by atoms with Crippen LogP contribution in [0.3, 0.4) is 0 Å². The molecule has 5 heteroatoms. The summed E-state index contributed by atoms with van der Waals surface area (Å²) in [6.07, 6.45) is -0.615. The Bertz CT molecular complexity index is 616. The number of amides is 1. The van der Waals surface area contributed by atoms with Crippen molar-refractivity contribution in [1.82, 2.24) is 0 Å². The molecule has 0 aliphatic carbocycles. The van der Waals surface area contributed by atoms with Crippen LogP contribution in [-0.4, -0.2) is 20.2 Å². The van der Waals surface area contributed by atoms with Crippen LogP contribution in [0.1, 0.15) is 19.4 Å². The second kappa shape index (κ2) is 9.46. The van der Waals surface area contributed by atoms with E-state index in [9.17, 15) is 9.18 Å². The summed E-state index contributed by atoms with van der Waals surface area (Å²) in [6.45, 7) is 4.17. The molecule has 0 radical (unpaired) electrons. The first-order valence-electron chi connectivity index (χ1n) is 7.51. The van der Waals surface area contributed by atoms with Crippen LogP contribution in [-0.2, 0) is 11.3 Å². The number of anilines is 2. The third-order valence-electron chi connectivity index (χ3n) is 2.89. The first-order valence-corrected chi connectivity index (χ1v) is 7.51. The minimum absolute atomic E-state index is 0.172. The average Bonchev–Trinajstić information content (AvgIpc) is 2.55. The summed E-state index contributed by atoms with van der Waals surface area (Å²) in [5.41, 5.74) is 1.70. The molecular weight excluding hydrogens is 295 g/mol. The SMILES string of the molecule is CC.CN(C)c1ccc(NC(=O)OCc2ccccc2)cc1F. The van der Waals surface area contributed by atoms with E-state index in [-0.39, 0.29) is 6.61 Å². The highest BCUT2D eigenvalue weighted by Crippen LogP contribution is 2.21. The van der Waals surface area contributed by atoms with E-state index in [1.807, 2.05) is 44.2 Å². The van der Waals surface area contributed by atoms with Crippen LogP contribution in [0.15, 0.2) is 48.5 Å². The van der Waals surface area contributed by atoms with Gasteiger partial charge in [0.25, 0.3) is 0 Å². The Kier molecular flexibility index (Phi) is 7.60. The van der Waals surface area contributed by atoms with Gasteiger partial charge < -0.3 is 9.64 Å². The van der Waals surface area contributed by atoms with Crippen molar-refractivity contribution in [3.63, 3.8) is 0 Å². The molecule has 0 bridgehead atoms. The lowest BCUT2D eigenvalue weighted by Gasteiger charge is -2.14. The number of carbonyl (C=O) groups excluding carboxylic acids is 1. The number of nitrogens with zero attached hydrogens (tertiary/aromatic N) is 1. The van der Waals surface area contributed by atoms with Gasteiger partial charge in [-0.2, -0.15) is 0 Å². The zero-order valence-electron chi connectivity index (χ0n) is 14.0. The van der Waals surface area contributed by atoms with Crippen LogP contribution in [0.4, 0.5) is 20.6 Å². The zero-order chi connectivity index (χ0) is 17.2. The molecule has 0 saturated heterocycles. The van der Waals surface area contributed by atoms with Crippen LogP contribution in [0, 0.1) is 5.82 Å². The van der Waals surface area contributed by atoms with Crippen molar-refractivity contribution in [3.05, 3.63) is 59.9 Å². The smallest absolute Gasteiger partial charge is 0.411 e. The first kappa shape index (κ1) is 18.5. The second-order valence-electron chi connectivity index (χ2n) is 4.75. The van der Waals surface area contributed by atoms with E-state index in [1.165, 1.54) is 6.07 Å². The fourth-order valence-electron chi connectivity index (χ4n) is 1.82. The summed E-state index contributed by atoms with van der Waals surface area (Å²) < 4.78 is 18.8.